The molecule has 17 heavy (non-hydrogen) atoms. The predicted octanol–water partition coefficient (Wildman–Crippen LogP) is 1.18. The second kappa shape index (κ2) is 3.09. The van der Waals surface area contributed by atoms with Crippen molar-refractivity contribution < 1.29 is 14.4 Å². The molecule has 3 aliphatic rings. The van der Waals surface area contributed by atoms with E-state index in [-0.39, 0.29) is 17.4 Å². The van der Waals surface area contributed by atoms with Crippen molar-refractivity contribution in [2.75, 3.05) is 0 Å². The smallest absolute Gasteiger partial charge is 0.277 e. The summed E-state index contributed by atoms with van der Waals surface area (Å²) in [6.45, 7) is 1.91. The molecule has 1 heterocycles. The van der Waals surface area contributed by atoms with E-state index in [0.29, 0.717) is 12.8 Å². The molecule has 5 heteroatoms. The maximum Gasteiger partial charge on any atom is 0.331 e. The van der Waals surface area contributed by atoms with Crippen molar-refractivity contribution in [2.24, 2.45) is 5.41 Å². The van der Waals surface area contributed by atoms with Crippen LogP contribution in [0.2, 0.25) is 0 Å². The summed E-state index contributed by atoms with van der Waals surface area (Å²) in [7, 11) is 0. The summed E-state index contributed by atoms with van der Waals surface area (Å²) in [6.07, 6.45) is 4.62. The van der Waals surface area contributed by atoms with E-state index in [0.717, 1.165) is 25.7 Å². The Morgan fingerprint density at radius 2 is 1.65 bits per heavy atom. The van der Waals surface area contributed by atoms with Crippen LogP contribution in [0.25, 0.3) is 0 Å². The van der Waals surface area contributed by atoms with Gasteiger partial charge in [0.25, 0.3) is 0 Å². The largest absolute Gasteiger partial charge is 0.331 e. The second-order valence-electron chi connectivity index (χ2n) is 5.69. The summed E-state index contributed by atoms with van der Waals surface area (Å²) in [5.74, 6) is -0.644. The van der Waals surface area contributed by atoms with E-state index in [1.54, 1.807) is 0 Å². The number of urea groups is 1. The van der Waals surface area contributed by atoms with Crippen LogP contribution in [0.15, 0.2) is 0 Å². The van der Waals surface area contributed by atoms with Crippen molar-refractivity contribution in [1.29, 1.82) is 0 Å². The quantitative estimate of drug-likeness (QED) is 0.695. The molecule has 0 radical (unpaired) electrons. The molecule has 2 aliphatic carbocycles. The Labute approximate surface area is 99.5 Å². The van der Waals surface area contributed by atoms with Gasteiger partial charge in [0, 0.05) is 5.54 Å². The SMILES string of the molecule is CC1(N2C(=O)NC(=O)C3(CCCC3)C2=O)CC1. The predicted molar refractivity (Wildman–Crippen MR) is 58.9 cm³/mol. The number of imide groups is 2. The van der Waals surface area contributed by atoms with E-state index in [4.69, 9.17) is 0 Å². The Balaban J connectivity index is 1.99. The lowest BCUT2D eigenvalue weighted by molar-refractivity contribution is -0.152. The third-order valence-electron chi connectivity index (χ3n) is 4.44. The number of hydrogen-bond acceptors (Lipinski definition) is 3. The Morgan fingerprint density at radius 1 is 1.06 bits per heavy atom. The topological polar surface area (TPSA) is 66.5 Å². The maximum atomic E-state index is 12.5. The van der Waals surface area contributed by atoms with Gasteiger partial charge in [-0.15, -0.1) is 0 Å². The van der Waals surface area contributed by atoms with Crippen LogP contribution in [0.5, 0.6) is 0 Å². The summed E-state index contributed by atoms with van der Waals surface area (Å²) in [4.78, 5) is 37.6. The van der Waals surface area contributed by atoms with Gasteiger partial charge >= 0.3 is 6.03 Å². The van der Waals surface area contributed by atoms with Gasteiger partial charge in [-0.05, 0) is 32.6 Å². The first-order valence-corrected chi connectivity index (χ1v) is 6.20. The van der Waals surface area contributed by atoms with Gasteiger partial charge in [0.05, 0.1) is 0 Å². The van der Waals surface area contributed by atoms with Crippen LogP contribution in [-0.2, 0) is 9.59 Å². The highest BCUT2D eigenvalue weighted by molar-refractivity contribution is 6.19. The molecular weight excluding hydrogens is 220 g/mol. The molecule has 1 aliphatic heterocycles. The third-order valence-corrected chi connectivity index (χ3v) is 4.44. The molecule has 3 fully saturated rings. The molecule has 0 aromatic heterocycles. The fourth-order valence-electron chi connectivity index (χ4n) is 2.99. The van der Waals surface area contributed by atoms with E-state index >= 15 is 0 Å². The molecule has 0 atom stereocenters. The Kier molecular flexibility index (Phi) is 1.95. The van der Waals surface area contributed by atoms with Crippen molar-refractivity contribution in [3.63, 3.8) is 0 Å². The number of barbiturate groups is 1. The van der Waals surface area contributed by atoms with Crippen LogP contribution in [-0.4, -0.2) is 28.3 Å². The Bertz CT molecular complexity index is 419. The fraction of sp³-hybridized carbons (Fsp3) is 0.750. The molecule has 3 rings (SSSR count). The van der Waals surface area contributed by atoms with Crippen molar-refractivity contribution in [2.45, 2.75) is 51.0 Å². The summed E-state index contributed by atoms with van der Waals surface area (Å²) in [5.41, 5.74) is -1.29. The van der Waals surface area contributed by atoms with Gasteiger partial charge in [0.2, 0.25) is 11.8 Å². The molecule has 0 aromatic rings. The summed E-state index contributed by atoms with van der Waals surface area (Å²) in [5, 5.41) is 2.37. The van der Waals surface area contributed by atoms with Gasteiger partial charge in [-0.2, -0.15) is 0 Å². The van der Waals surface area contributed by atoms with Gasteiger partial charge in [-0.25, -0.2) is 4.79 Å². The molecule has 1 spiro atoms. The molecule has 0 unspecified atom stereocenters. The minimum atomic E-state index is -0.945. The van der Waals surface area contributed by atoms with E-state index in [9.17, 15) is 14.4 Å². The highest BCUT2D eigenvalue weighted by Gasteiger charge is 2.61. The lowest BCUT2D eigenvalue weighted by atomic mass is 9.81. The minimum Gasteiger partial charge on any atom is -0.277 e. The molecule has 1 N–H and O–H groups in total. The van der Waals surface area contributed by atoms with Gasteiger partial charge in [0.1, 0.15) is 5.41 Å². The molecule has 1 saturated heterocycles. The first-order chi connectivity index (χ1) is 8.00. The first-order valence-electron chi connectivity index (χ1n) is 6.20. The lowest BCUT2D eigenvalue weighted by Gasteiger charge is -2.39. The number of nitrogens with one attached hydrogen (secondary N) is 1. The average Bonchev–Trinajstić information content (AvgIpc) is 2.82. The van der Waals surface area contributed by atoms with Gasteiger partial charge in [-0.1, -0.05) is 12.8 Å². The maximum absolute atomic E-state index is 12.5. The third kappa shape index (κ3) is 1.28. The van der Waals surface area contributed by atoms with E-state index in [1.807, 2.05) is 6.92 Å². The summed E-state index contributed by atoms with van der Waals surface area (Å²) in [6, 6.07) is -0.530. The van der Waals surface area contributed by atoms with Crippen LogP contribution >= 0.6 is 0 Å². The molecular formula is C12H16N2O3. The standard InChI is InChI=1S/C12H16N2O3/c1-11(6-7-11)14-9(16)12(4-2-3-5-12)8(15)13-10(14)17/h2-7H2,1H3,(H,13,15,17). The monoisotopic (exact) mass is 236 g/mol. The lowest BCUT2D eigenvalue weighted by Crippen LogP contribution is -2.65. The summed E-state index contributed by atoms with van der Waals surface area (Å²) < 4.78 is 0. The van der Waals surface area contributed by atoms with E-state index in [2.05, 4.69) is 5.32 Å². The minimum absolute atomic E-state index is 0.260. The normalized spacial score (nSPS) is 29.7. The molecule has 5 nitrogen and oxygen atoms in total. The highest BCUT2D eigenvalue weighted by atomic mass is 16.2. The van der Waals surface area contributed by atoms with Crippen LogP contribution in [0.1, 0.15) is 45.4 Å². The van der Waals surface area contributed by atoms with Crippen LogP contribution in [0, 0.1) is 5.41 Å². The average molecular weight is 236 g/mol. The molecule has 0 aromatic carbocycles. The number of rotatable bonds is 1. The fourth-order valence-corrected chi connectivity index (χ4v) is 2.99. The van der Waals surface area contributed by atoms with Crippen LogP contribution in [0.4, 0.5) is 4.79 Å². The van der Waals surface area contributed by atoms with Crippen molar-refractivity contribution >= 4 is 17.8 Å². The number of carbonyl (C=O) groups excluding carboxylic acids is 3. The number of hydrogen-bond donors (Lipinski definition) is 1. The number of amides is 4. The Hall–Kier alpha value is -1.39. The zero-order valence-electron chi connectivity index (χ0n) is 9.91. The van der Waals surface area contributed by atoms with Crippen molar-refractivity contribution in [3.8, 4) is 0 Å². The molecule has 4 amide bonds. The van der Waals surface area contributed by atoms with Gasteiger partial charge in [0.15, 0.2) is 0 Å². The second-order valence-corrected chi connectivity index (χ2v) is 5.69. The van der Waals surface area contributed by atoms with Gasteiger partial charge in [-0.3, -0.25) is 19.8 Å². The molecule has 92 valence electrons. The highest BCUT2D eigenvalue weighted by Crippen LogP contribution is 2.48. The van der Waals surface area contributed by atoms with Crippen LogP contribution in [0.3, 0.4) is 0 Å². The van der Waals surface area contributed by atoms with Crippen molar-refractivity contribution in [1.82, 2.24) is 10.2 Å². The molecule has 0 bridgehead atoms. The Morgan fingerprint density at radius 3 is 2.18 bits per heavy atom. The first kappa shape index (κ1) is 10.7. The number of nitrogens with zero attached hydrogens (tertiary/aromatic N) is 1. The number of carbonyl (C=O) groups is 3. The summed E-state index contributed by atoms with van der Waals surface area (Å²) >= 11 is 0. The van der Waals surface area contributed by atoms with Crippen LogP contribution < -0.4 is 5.32 Å². The van der Waals surface area contributed by atoms with Gasteiger partial charge < -0.3 is 0 Å². The van der Waals surface area contributed by atoms with E-state index < -0.39 is 11.4 Å². The zero-order valence-corrected chi connectivity index (χ0v) is 9.91. The van der Waals surface area contributed by atoms with E-state index in [1.165, 1.54) is 4.90 Å². The zero-order chi connectivity index (χ0) is 12.3. The molecule has 2 saturated carbocycles. The van der Waals surface area contributed by atoms with Crippen molar-refractivity contribution in [3.05, 3.63) is 0 Å².